The maximum atomic E-state index is 10.1. The van der Waals surface area contributed by atoms with E-state index < -0.39 is 0 Å². The summed E-state index contributed by atoms with van der Waals surface area (Å²) in [5.74, 6) is 0. The van der Waals surface area contributed by atoms with Crippen molar-refractivity contribution >= 4 is 16.5 Å². The second-order valence-electron chi connectivity index (χ2n) is 3.11. The third-order valence-corrected chi connectivity index (χ3v) is 3.15. The molecule has 1 unspecified atom stereocenters. The highest BCUT2D eigenvalue weighted by Crippen LogP contribution is 2.22. The van der Waals surface area contributed by atoms with Crippen LogP contribution in [-0.2, 0) is 9.53 Å². The van der Waals surface area contributed by atoms with Crippen LogP contribution >= 0.6 is 0 Å². The Kier molecular flexibility index (Phi) is 3.02. The zero-order valence-corrected chi connectivity index (χ0v) is 8.88. The van der Waals surface area contributed by atoms with Crippen molar-refractivity contribution in [3.63, 3.8) is 0 Å². The Balaban J connectivity index is 2.49. The summed E-state index contributed by atoms with van der Waals surface area (Å²) in [4.78, 5) is 10.1. The molecule has 1 rings (SSSR count). The molecule has 0 aliphatic carbocycles. The highest BCUT2D eigenvalue weighted by molar-refractivity contribution is 6.16. The molecule has 62 valence electrons. The fraction of sp³-hybridized carbons (Fsp3) is 0.625. The third kappa shape index (κ3) is 2.59. The summed E-state index contributed by atoms with van der Waals surface area (Å²) in [5, 5.41) is -0.0425. The first-order chi connectivity index (χ1) is 5.27. The smallest absolute Gasteiger partial charge is 0.142 e. The van der Waals surface area contributed by atoms with Crippen LogP contribution in [-0.4, -0.2) is 28.4 Å². The molecule has 0 aromatic rings. The summed E-state index contributed by atoms with van der Waals surface area (Å²) in [6, 6.07) is 0. The van der Waals surface area contributed by atoms with Gasteiger partial charge < -0.3 is 4.74 Å². The largest absolute Gasteiger partial charge is 0.376 e. The van der Waals surface area contributed by atoms with Gasteiger partial charge in [0.05, 0.1) is 5.22 Å². The van der Waals surface area contributed by atoms with E-state index >= 15 is 0 Å². The number of hydrogen-bond acceptors (Lipinski definition) is 2. The Bertz CT molecular complexity index is 159. The van der Waals surface area contributed by atoms with Gasteiger partial charge in [-0.25, -0.2) is 0 Å². The Hall–Kier alpha value is -0.413. The molecule has 0 amide bonds. The first kappa shape index (κ1) is 8.68. The second-order valence-corrected chi connectivity index (χ2v) is 4.81. The first-order valence-electron chi connectivity index (χ1n) is 4.04. The lowest BCUT2D eigenvalue weighted by molar-refractivity contribution is -0.104. The van der Waals surface area contributed by atoms with Crippen molar-refractivity contribution in [2.75, 3.05) is 6.61 Å². The van der Waals surface area contributed by atoms with Crippen LogP contribution in [0.2, 0.25) is 0 Å². The molecule has 0 aromatic carbocycles. The van der Waals surface area contributed by atoms with Gasteiger partial charge in [0, 0.05) is 16.8 Å². The van der Waals surface area contributed by atoms with E-state index in [1.807, 2.05) is 6.08 Å². The zero-order valence-electron chi connectivity index (χ0n) is 6.88. The molecule has 1 aliphatic rings. The molecule has 1 fully saturated rings. The van der Waals surface area contributed by atoms with E-state index in [1.54, 1.807) is 6.08 Å². The Morgan fingerprint density at radius 3 is 2.82 bits per heavy atom. The Morgan fingerprint density at radius 2 is 2.27 bits per heavy atom. The highest BCUT2D eigenvalue weighted by Gasteiger charge is 2.23. The molecule has 0 aromatic heterocycles. The first-order valence-corrected chi connectivity index (χ1v) is 5.04. The van der Waals surface area contributed by atoms with Crippen LogP contribution in [0.15, 0.2) is 12.2 Å². The summed E-state index contributed by atoms with van der Waals surface area (Å²) in [6.45, 7) is 0.854. The Labute approximate surface area is 70.0 Å². The van der Waals surface area contributed by atoms with Crippen LogP contribution in [0.4, 0.5) is 0 Å². The summed E-state index contributed by atoms with van der Waals surface area (Å²) in [7, 11) is 0.976. The zero-order chi connectivity index (χ0) is 8.16. The summed E-state index contributed by atoms with van der Waals surface area (Å²) in [5.41, 5.74) is 0. The lowest BCUT2D eigenvalue weighted by atomic mass is 10.1. The predicted octanol–water partition coefficient (Wildman–Crippen LogP) is 0.00370. The van der Waals surface area contributed by atoms with Gasteiger partial charge in [-0.1, -0.05) is 6.08 Å². The molecule has 1 saturated heterocycles. The minimum atomic E-state index is -0.0425. The van der Waals surface area contributed by atoms with E-state index in [0.29, 0.717) is 0 Å². The molecular formula is C8H14O2Si. The van der Waals surface area contributed by atoms with Crippen molar-refractivity contribution in [2.45, 2.75) is 24.5 Å². The molecule has 1 aliphatic heterocycles. The summed E-state index contributed by atoms with van der Waals surface area (Å²) >= 11 is 0. The maximum Gasteiger partial charge on any atom is 0.142 e. The normalized spacial score (nSPS) is 32.7. The van der Waals surface area contributed by atoms with E-state index in [0.717, 1.165) is 29.6 Å². The predicted molar refractivity (Wildman–Crippen MR) is 47.7 cm³/mol. The van der Waals surface area contributed by atoms with Crippen molar-refractivity contribution in [1.82, 2.24) is 0 Å². The van der Waals surface area contributed by atoms with E-state index in [2.05, 4.69) is 0 Å². The number of aldehydes is 1. The quantitative estimate of drug-likeness (QED) is 0.331. The number of allylic oxidation sites excluding steroid dienone is 1. The van der Waals surface area contributed by atoms with Gasteiger partial charge in [0.2, 0.25) is 0 Å². The molecule has 0 radical (unpaired) electrons. The Morgan fingerprint density at radius 1 is 1.45 bits per heavy atom. The van der Waals surface area contributed by atoms with Crippen molar-refractivity contribution in [2.24, 2.45) is 0 Å². The van der Waals surface area contributed by atoms with Gasteiger partial charge in [-0.2, -0.15) is 0 Å². The molecule has 0 bridgehead atoms. The van der Waals surface area contributed by atoms with E-state index in [1.165, 1.54) is 12.8 Å². The van der Waals surface area contributed by atoms with Gasteiger partial charge in [-0.15, -0.1) is 0 Å². The topological polar surface area (TPSA) is 26.3 Å². The molecular weight excluding hydrogens is 156 g/mol. The van der Waals surface area contributed by atoms with Crippen LogP contribution in [0.5, 0.6) is 0 Å². The standard InChI is InChI=1S/C8H14O2Si/c9-6-3-5-8(11)4-1-2-7-10-8/h3,5-6H,1-2,4,7H2,11H3. The maximum absolute atomic E-state index is 10.1. The molecule has 11 heavy (non-hydrogen) atoms. The van der Waals surface area contributed by atoms with Crippen LogP contribution in [0, 0.1) is 0 Å². The molecule has 0 spiro atoms. The average Bonchev–Trinajstić information content (AvgIpc) is 2.03. The van der Waals surface area contributed by atoms with Gasteiger partial charge in [0.1, 0.15) is 6.29 Å². The highest BCUT2D eigenvalue weighted by atomic mass is 28.1. The fourth-order valence-electron chi connectivity index (χ4n) is 1.33. The van der Waals surface area contributed by atoms with Crippen LogP contribution in [0.3, 0.4) is 0 Å². The van der Waals surface area contributed by atoms with Gasteiger partial charge >= 0.3 is 0 Å². The lowest BCUT2D eigenvalue weighted by Crippen LogP contribution is -2.34. The monoisotopic (exact) mass is 170 g/mol. The van der Waals surface area contributed by atoms with Crippen molar-refractivity contribution < 1.29 is 9.53 Å². The van der Waals surface area contributed by atoms with E-state index in [9.17, 15) is 4.79 Å². The number of carbonyl (C=O) groups is 1. The van der Waals surface area contributed by atoms with Crippen molar-refractivity contribution in [3.8, 4) is 0 Å². The minimum Gasteiger partial charge on any atom is -0.376 e. The van der Waals surface area contributed by atoms with E-state index in [4.69, 9.17) is 4.74 Å². The van der Waals surface area contributed by atoms with Crippen LogP contribution < -0.4 is 0 Å². The molecule has 3 heteroatoms. The van der Waals surface area contributed by atoms with Crippen molar-refractivity contribution in [3.05, 3.63) is 12.2 Å². The lowest BCUT2D eigenvalue weighted by Gasteiger charge is -2.30. The molecule has 0 saturated carbocycles. The van der Waals surface area contributed by atoms with Gasteiger partial charge in [-0.05, 0) is 25.3 Å². The van der Waals surface area contributed by atoms with Crippen molar-refractivity contribution in [1.29, 1.82) is 0 Å². The minimum absolute atomic E-state index is 0.0425. The SMILES string of the molecule is O=CC=CC1([SiH3])CCCCO1. The summed E-state index contributed by atoms with van der Waals surface area (Å²) < 4.78 is 5.58. The molecule has 0 N–H and O–H groups in total. The van der Waals surface area contributed by atoms with Gasteiger partial charge in [0.15, 0.2) is 0 Å². The molecule has 1 atom stereocenters. The third-order valence-electron chi connectivity index (χ3n) is 2.03. The molecule has 1 heterocycles. The average molecular weight is 170 g/mol. The molecule has 2 nitrogen and oxygen atoms in total. The number of hydrogen-bond donors (Lipinski definition) is 0. The number of ether oxygens (including phenoxy) is 1. The number of rotatable bonds is 2. The van der Waals surface area contributed by atoms with E-state index in [-0.39, 0.29) is 5.22 Å². The summed E-state index contributed by atoms with van der Waals surface area (Å²) in [6.07, 6.45) is 7.76. The van der Waals surface area contributed by atoms with Crippen LogP contribution in [0.1, 0.15) is 19.3 Å². The fourth-order valence-corrected chi connectivity index (χ4v) is 2.08. The number of carbonyl (C=O) groups excluding carboxylic acids is 1. The van der Waals surface area contributed by atoms with Crippen LogP contribution in [0.25, 0.3) is 0 Å². The van der Waals surface area contributed by atoms with Gasteiger partial charge in [0.25, 0.3) is 0 Å². The second kappa shape index (κ2) is 3.83. The van der Waals surface area contributed by atoms with Gasteiger partial charge in [-0.3, -0.25) is 4.79 Å².